The Morgan fingerprint density at radius 2 is 2.08 bits per heavy atom. The average molecular weight is 429 g/mol. The summed E-state index contributed by atoms with van der Waals surface area (Å²) in [6, 6.07) is -0.0153. The fraction of sp³-hybridized carbons (Fsp3) is 0.562. The molecule has 10 heteroatoms. The van der Waals surface area contributed by atoms with Crippen LogP contribution in [0.1, 0.15) is 33.6 Å². The van der Waals surface area contributed by atoms with E-state index in [1.54, 1.807) is 0 Å². The number of anilines is 2. The van der Waals surface area contributed by atoms with Gasteiger partial charge in [0.05, 0.1) is 4.47 Å². The summed E-state index contributed by atoms with van der Waals surface area (Å²) in [5, 5.41) is 7.00. The maximum atomic E-state index is 14.8. The molecule has 3 N–H and O–H groups in total. The first-order chi connectivity index (χ1) is 12.2. The number of carbonyl (C=O) groups excluding carboxylic acids is 1. The van der Waals surface area contributed by atoms with Crippen LogP contribution in [0.3, 0.4) is 0 Å². The molecule has 0 bridgehead atoms. The average Bonchev–Trinajstić information content (AvgIpc) is 2.79. The number of piperidine rings is 1. The fourth-order valence-corrected chi connectivity index (χ4v) is 3.56. The smallest absolute Gasteiger partial charge is 0.407 e. The molecule has 8 nitrogen and oxygen atoms in total. The van der Waals surface area contributed by atoms with E-state index in [4.69, 9.17) is 10.5 Å². The number of hydrogen-bond donors (Lipinski definition) is 2. The first-order valence-electron chi connectivity index (χ1n) is 8.38. The Morgan fingerprint density at radius 3 is 2.69 bits per heavy atom. The summed E-state index contributed by atoms with van der Waals surface area (Å²) in [6.07, 6.45) is 2.21. The number of nitrogen functional groups attached to an aromatic ring is 1. The van der Waals surface area contributed by atoms with Gasteiger partial charge in [0.25, 0.3) is 0 Å². The van der Waals surface area contributed by atoms with Crippen molar-refractivity contribution in [2.24, 2.45) is 0 Å². The molecule has 2 aromatic heterocycles. The lowest BCUT2D eigenvalue weighted by Crippen LogP contribution is -2.46. The highest BCUT2D eigenvalue weighted by Crippen LogP contribution is 2.35. The number of carbonyl (C=O) groups is 1. The third-order valence-electron chi connectivity index (χ3n) is 4.13. The van der Waals surface area contributed by atoms with Crippen LogP contribution >= 0.6 is 15.9 Å². The van der Waals surface area contributed by atoms with E-state index in [1.807, 2.05) is 25.7 Å². The van der Waals surface area contributed by atoms with Gasteiger partial charge in [0, 0.05) is 19.1 Å². The maximum Gasteiger partial charge on any atom is 0.407 e. The van der Waals surface area contributed by atoms with Crippen LogP contribution in [0, 0.1) is 5.82 Å². The normalized spacial score (nSPS) is 16.1. The van der Waals surface area contributed by atoms with Crippen LogP contribution in [0.25, 0.3) is 5.52 Å². The molecular formula is C16H22BrFN6O2. The lowest BCUT2D eigenvalue weighted by atomic mass is 10.1. The molecule has 0 atom stereocenters. The molecule has 1 aliphatic rings. The Hall–Kier alpha value is -2.10. The van der Waals surface area contributed by atoms with Crippen LogP contribution < -0.4 is 16.0 Å². The Balaban J connectivity index is 1.71. The van der Waals surface area contributed by atoms with Gasteiger partial charge >= 0.3 is 6.09 Å². The first kappa shape index (κ1) is 18.7. The van der Waals surface area contributed by atoms with Gasteiger partial charge in [-0.3, -0.25) is 0 Å². The van der Waals surface area contributed by atoms with Crippen LogP contribution in [0.4, 0.5) is 20.8 Å². The monoisotopic (exact) mass is 428 g/mol. The highest BCUT2D eigenvalue weighted by molar-refractivity contribution is 9.10. The van der Waals surface area contributed by atoms with Crippen molar-refractivity contribution in [3.63, 3.8) is 0 Å². The second-order valence-corrected chi connectivity index (χ2v) is 8.06. The van der Waals surface area contributed by atoms with Crippen LogP contribution in [-0.2, 0) is 4.74 Å². The molecular weight excluding hydrogens is 407 g/mol. The molecule has 2 aromatic rings. The SMILES string of the molecule is CC(C)(C)OC(=O)NC1CCN(c2c(F)c(Br)c3c(N)ncnn23)CC1. The van der Waals surface area contributed by atoms with E-state index >= 15 is 0 Å². The zero-order chi connectivity index (χ0) is 19.1. The number of aromatic nitrogens is 3. The van der Waals surface area contributed by atoms with Gasteiger partial charge in [0.2, 0.25) is 0 Å². The topological polar surface area (TPSA) is 97.8 Å². The summed E-state index contributed by atoms with van der Waals surface area (Å²) in [5.74, 6) is 0.131. The van der Waals surface area contributed by atoms with Gasteiger partial charge in [-0.2, -0.15) is 5.10 Å². The molecule has 0 saturated carbocycles. The summed E-state index contributed by atoms with van der Waals surface area (Å²) in [6.45, 7) is 6.60. The molecule has 0 unspecified atom stereocenters. The highest BCUT2D eigenvalue weighted by atomic mass is 79.9. The van der Waals surface area contributed by atoms with Gasteiger partial charge in [-0.15, -0.1) is 0 Å². The van der Waals surface area contributed by atoms with E-state index in [-0.39, 0.29) is 16.3 Å². The quantitative estimate of drug-likeness (QED) is 0.762. The Labute approximate surface area is 159 Å². The number of halogens is 2. The number of nitrogens with two attached hydrogens (primary N) is 1. The Morgan fingerprint density at radius 1 is 1.42 bits per heavy atom. The van der Waals surface area contributed by atoms with Crippen LogP contribution in [0.2, 0.25) is 0 Å². The van der Waals surface area contributed by atoms with E-state index in [9.17, 15) is 9.18 Å². The van der Waals surface area contributed by atoms with Gasteiger partial charge in [0.1, 0.15) is 17.4 Å². The minimum Gasteiger partial charge on any atom is -0.444 e. The Bertz CT molecular complexity index is 826. The summed E-state index contributed by atoms with van der Waals surface area (Å²) in [5.41, 5.74) is 5.72. The third-order valence-corrected chi connectivity index (χ3v) is 4.85. The van der Waals surface area contributed by atoms with Crippen molar-refractivity contribution in [3.8, 4) is 0 Å². The van der Waals surface area contributed by atoms with E-state index in [2.05, 4.69) is 31.3 Å². The van der Waals surface area contributed by atoms with Gasteiger partial charge in [-0.05, 0) is 49.5 Å². The molecule has 26 heavy (non-hydrogen) atoms. The predicted molar refractivity (Wildman–Crippen MR) is 99.7 cm³/mol. The molecule has 3 heterocycles. The second-order valence-electron chi connectivity index (χ2n) is 7.26. The lowest BCUT2D eigenvalue weighted by Gasteiger charge is -2.33. The van der Waals surface area contributed by atoms with Crippen LogP contribution in [0.5, 0.6) is 0 Å². The van der Waals surface area contributed by atoms with Crippen molar-refractivity contribution >= 4 is 39.2 Å². The molecule has 0 aromatic carbocycles. The minimum atomic E-state index is -0.537. The fourth-order valence-electron chi connectivity index (χ4n) is 3.01. The molecule has 0 spiro atoms. The molecule has 1 saturated heterocycles. The predicted octanol–water partition coefficient (Wildman–Crippen LogP) is 2.71. The third kappa shape index (κ3) is 3.69. The number of hydrogen-bond acceptors (Lipinski definition) is 6. The minimum absolute atomic E-state index is 0.0153. The summed E-state index contributed by atoms with van der Waals surface area (Å²) in [7, 11) is 0. The van der Waals surface area contributed by atoms with Gasteiger partial charge < -0.3 is 20.7 Å². The van der Waals surface area contributed by atoms with Crippen molar-refractivity contribution in [2.45, 2.75) is 45.3 Å². The summed E-state index contributed by atoms with van der Waals surface area (Å²) >= 11 is 3.24. The lowest BCUT2D eigenvalue weighted by molar-refractivity contribution is 0.0497. The highest BCUT2D eigenvalue weighted by Gasteiger charge is 2.29. The molecule has 1 fully saturated rings. The largest absolute Gasteiger partial charge is 0.444 e. The number of rotatable bonds is 2. The number of ether oxygens (including phenoxy) is 1. The number of nitrogens with zero attached hydrogens (tertiary/aromatic N) is 4. The van der Waals surface area contributed by atoms with Crippen LogP contribution in [-0.4, -0.2) is 45.4 Å². The zero-order valence-corrected chi connectivity index (χ0v) is 16.5. The number of alkyl carbamates (subject to hydrolysis) is 1. The van der Waals surface area contributed by atoms with Crippen molar-refractivity contribution in [2.75, 3.05) is 23.7 Å². The number of fused-ring (bicyclic) bond motifs is 1. The van der Waals surface area contributed by atoms with E-state index in [0.717, 1.165) is 0 Å². The van der Waals surface area contributed by atoms with Crippen molar-refractivity contribution in [3.05, 3.63) is 16.6 Å². The molecule has 3 rings (SSSR count). The van der Waals surface area contributed by atoms with Crippen molar-refractivity contribution in [1.29, 1.82) is 0 Å². The van der Waals surface area contributed by atoms with E-state index in [0.29, 0.717) is 37.3 Å². The molecule has 0 aliphatic carbocycles. The van der Waals surface area contributed by atoms with E-state index < -0.39 is 17.5 Å². The summed E-state index contributed by atoms with van der Waals surface area (Å²) < 4.78 is 21.7. The molecule has 142 valence electrons. The van der Waals surface area contributed by atoms with Crippen molar-refractivity contribution in [1.82, 2.24) is 19.9 Å². The zero-order valence-electron chi connectivity index (χ0n) is 14.9. The second kappa shape index (κ2) is 6.90. The molecule has 0 radical (unpaired) electrons. The summed E-state index contributed by atoms with van der Waals surface area (Å²) in [4.78, 5) is 17.7. The molecule has 1 aliphatic heterocycles. The van der Waals surface area contributed by atoms with Crippen molar-refractivity contribution < 1.29 is 13.9 Å². The first-order valence-corrected chi connectivity index (χ1v) is 9.17. The van der Waals surface area contributed by atoms with Gasteiger partial charge in [-0.1, -0.05) is 0 Å². The maximum absolute atomic E-state index is 14.8. The Kier molecular flexibility index (Phi) is 4.96. The van der Waals surface area contributed by atoms with Crippen LogP contribution in [0.15, 0.2) is 10.8 Å². The standard InChI is InChI=1S/C16H22BrFN6O2/c1-16(2,3)26-15(25)22-9-4-6-23(7-5-9)14-11(18)10(17)12-13(19)20-8-21-24(12)14/h8-9H,4-7H2,1-3H3,(H,22,25)(H2,19,20,21). The van der Waals surface area contributed by atoms with Gasteiger partial charge in [-0.25, -0.2) is 18.7 Å². The molecule has 1 amide bonds. The van der Waals surface area contributed by atoms with E-state index in [1.165, 1.54) is 10.8 Å². The van der Waals surface area contributed by atoms with Gasteiger partial charge in [0.15, 0.2) is 17.5 Å². The number of amides is 1. The number of nitrogens with one attached hydrogen (secondary N) is 1.